The predicted octanol–water partition coefficient (Wildman–Crippen LogP) is 3.46. The highest BCUT2D eigenvalue weighted by Crippen LogP contribution is 2.15. The number of benzene rings is 1. The van der Waals surface area contributed by atoms with Crippen LogP contribution in [-0.4, -0.2) is 15.3 Å². The van der Waals surface area contributed by atoms with E-state index < -0.39 is 0 Å². The molecule has 4 heteroatoms. The van der Waals surface area contributed by atoms with Gasteiger partial charge in [-0.15, -0.1) is 11.6 Å². The largest absolute Gasteiger partial charge is 0.349 e. The van der Waals surface area contributed by atoms with Gasteiger partial charge in [-0.1, -0.05) is 23.7 Å². The highest BCUT2D eigenvalue weighted by atomic mass is 35.5. The Morgan fingerprint density at radius 3 is 2.88 bits per heavy atom. The van der Waals surface area contributed by atoms with Crippen molar-refractivity contribution in [2.24, 2.45) is 0 Å². The van der Waals surface area contributed by atoms with Gasteiger partial charge in [0.1, 0.15) is 5.82 Å². The van der Waals surface area contributed by atoms with Gasteiger partial charge < -0.3 is 4.98 Å². The maximum absolute atomic E-state index is 6.26. The molecule has 0 saturated carbocycles. The number of hydrogen-bond donors (Lipinski definition) is 1. The van der Waals surface area contributed by atoms with Crippen LogP contribution in [0.1, 0.15) is 11.4 Å². The maximum Gasteiger partial charge on any atom is 0.107 e. The molecule has 0 amide bonds. The number of nitrogens with one attached hydrogen (secondary N) is 1. The molecule has 0 aliphatic carbocycles. The Morgan fingerprint density at radius 2 is 2.19 bits per heavy atom. The zero-order valence-electron chi connectivity index (χ0n) is 8.66. The fourth-order valence-corrected chi connectivity index (χ4v) is 2.15. The molecule has 1 aromatic carbocycles. The normalized spacial score (nSPS) is 12.6. The Bertz CT molecular complexity index is 440. The second-order valence-electron chi connectivity index (χ2n) is 3.67. The summed E-state index contributed by atoms with van der Waals surface area (Å²) >= 11 is 12.2. The second kappa shape index (κ2) is 5.37. The van der Waals surface area contributed by atoms with Crippen LogP contribution in [0, 0.1) is 0 Å². The summed E-state index contributed by atoms with van der Waals surface area (Å²) in [6.07, 6.45) is 5.07. The summed E-state index contributed by atoms with van der Waals surface area (Å²) in [6, 6.07) is 7.78. The minimum absolute atomic E-state index is 0.0321. The number of hydrogen-bond acceptors (Lipinski definition) is 1. The lowest BCUT2D eigenvalue weighted by Gasteiger charge is -2.07. The third-order valence-corrected chi connectivity index (χ3v) is 2.86. The van der Waals surface area contributed by atoms with E-state index in [2.05, 4.69) is 9.97 Å². The lowest BCUT2D eigenvalue weighted by atomic mass is 10.1. The number of nitrogens with zero attached hydrogens (tertiary/aromatic N) is 1. The molecular weight excluding hydrogens is 243 g/mol. The molecule has 0 radical (unpaired) electrons. The zero-order chi connectivity index (χ0) is 11.4. The Balaban J connectivity index is 1.94. The van der Waals surface area contributed by atoms with E-state index >= 15 is 0 Å². The van der Waals surface area contributed by atoms with Crippen LogP contribution >= 0.6 is 23.2 Å². The molecule has 84 valence electrons. The van der Waals surface area contributed by atoms with Gasteiger partial charge in [0.15, 0.2) is 0 Å². The summed E-state index contributed by atoms with van der Waals surface area (Å²) in [5, 5.41) is 0.781. The highest BCUT2D eigenvalue weighted by Gasteiger charge is 2.08. The summed E-state index contributed by atoms with van der Waals surface area (Å²) in [5.74, 6) is 0.919. The van der Waals surface area contributed by atoms with Crippen molar-refractivity contribution in [2.45, 2.75) is 18.2 Å². The third kappa shape index (κ3) is 3.26. The molecular formula is C12H12Cl2N2. The number of halogens is 2. The molecule has 0 aliphatic rings. The highest BCUT2D eigenvalue weighted by molar-refractivity contribution is 6.30. The molecule has 1 heterocycles. The standard InChI is InChI=1S/C12H12Cl2N2/c13-10-3-1-2-9(6-10)7-11(14)8-12-15-4-5-16-12/h1-6,11H,7-8H2,(H,15,16). The number of rotatable bonds is 4. The van der Waals surface area contributed by atoms with Crippen LogP contribution in [0.5, 0.6) is 0 Å². The molecule has 2 aromatic rings. The second-order valence-corrected chi connectivity index (χ2v) is 4.72. The molecule has 0 spiro atoms. The smallest absolute Gasteiger partial charge is 0.107 e. The Morgan fingerprint density at radius 1 is 1.31 bits per heavy atom. The minimum Gasteiger partial charge on any atom is -0.349 e. The quantitative estimate of drug-likeness (QED) is 0.833. The number of imidazole rings is 1. The van der Waals surface area contributed by atoms with E-state index in [4.69, 9.17) is 23.2 Å². The van der Waals surface area contributed by atoms with Crippen LogP contribution < -0.4 is 0 Å². The van der Waals surface area contributed by atoms with Crippen molar-refractivity contribution in [1.82, 2.24) is 9.97 Å². The van der Waals surface area contributed by atoms with Crippen LogP contribution in [0.25, 0.3) is 0 Å². The van der Waals surface area contributed by atoms with Crippen molar-refractivity contribution in [3.05, 3.63) is 53.1 Å². The molecule has 1 atom stereocenters. The van der Waals surface area contributed by atoms with E-state index in [1.807, 2.05) is 24.3 Å². The number of aromatic nitrogens is 2. The Labute approximate surface area is 105 Å². The Kier molecular flexibility index (Phi) is 3.86. The van der Waals surface area contributed by atoms with E-state index in [1.165, 1.54) is 0 Å². The molecule has 0 aliphatic heterocycles. The number of H-pyrrole nitrogens is 1. The molecule has 1 aromatic heterocycles. The van der Waals surface area contributed by atoms with Gasteiger partial charge in [-0.2, -0.15) is 0 Å². The van der Waals surface area contributed by atoms with Crippen LogP contribution in [0.4, 0.5) is 0 Å². The Hall–Kier alpha value is -0.990. The monoisotopic (exact) mass is 254 g/mol. The molecule has 0 saturated heterocycles. The summed E-state index contributed by atoms with van der Waals surface area (Å²) in [7, 11) is 0. The zero-order valence-corrected chi connectivity index (χ0v) is 10.2. The van der Waals surface area contributed by atoms with Crippen LogP contribution in [-0.2, 0) is 12.8 Å². The molecule has 2 rings (SSSR count). The van der Waals surface area contributed by atoms with Gasteiger partial charge in [0, 0.05) is 29.2 Å². The summed E-state index contributed by atoms with van der Waals surface area (Å²) in [5.41, 5.74) is 1.15. The first-order valence-electron chi connectivity index (χ1n) is 5.11. The first-order valence-corrected chi connectivity index (χ1v) is 5.92. The number of alkyl halides is 1. The van der Waals surface area contributed by atoms with E-state index in [0.29, 0.717) is 0 Å². The molecule has 1 N–H and O–H groups in total. The van der Waals surface area contributed by atoms with Gasteiger partial charge in [-0.25, -0.2) is 4.98 Å². The van der Waals surface area contributed by atoms with Crippen molar-refractivity contribution in [1.29, 1.82) is 0 Å². The topological polar surface area (TPSA) is 28.7 Å². The van der Waals surface area contributed by atoms with Crippen LogP contribution in [0.2, 0.25) is 5.02 Å². The van der Waals surface area contributed by atoms with E-state index in [9.17, 15) is 0 Å². The average molecular weight is 255 g/mol. The van der Waals surface area contributed by atoms with E-state index in [-0.39, 0.29) is 5.38 Å². The molecule has 1 unspecified atom stereocenters. The van der Waals surface area contributed by atoms with Crippen molar-refractivity contribution < 1.29 is 0 Å². The van der Waals surface area contributed by atoms with Gasteiger partial charge in [-0.3, -0.25) is 0 Å². The molecule has 16 heavy (non-hydrogen) atoms. The fourth-order valence-electron chi connectivity index (χ4n) is 1.61. The fraction of sp³-hybridized carbons (Fsp3) is 0.250. The summed E-state index contributed by atoms with van der Waals surface area (Å²) in [6.45, 7) is 0. The third-order valence-electron chi connectivity index (χ3n) is 2.32. The summed E-state index contributed by atoms with van der Waals surface area (Å²) in [4.78, 5) is 7.19. The van der Waals surface area contributed by atoms with Crippen molar-refractivity contribution in [2.75, 3.05) is 0 Å². The van der Waals surface area contributed by atoms with Crippen molar-refractivity contribution in [3.63, 3.8) is 0 Å². The van der Waals surface area contributed by atoms with Gasteiger partial charge in [0.05, 0.1) is 0 Å². The molecule has 2 nitrogen and oxygen atoms in total. The van der Waals surface area contributed by atoms with E-state index in [1.54, 1.807) is 12.4 Å². The van der Waals surface area contributed by atoms with Gasteiger partial charge in [-0.05, 0) is 24.1 Å². The van der Waals surface area contributed by atoms with Crippen LogP contribution in [0.3, 0.4) is 0 Å². The van der Waals surface area contributed by atoms with E-state index in [0.717, 1.165) is 29.3 Å². The van der Waals surface area contributed by atoms with Crippen molar-refractivity contribution in [3.8, 4) is 0 Å². The lowest BCUT2D eigenvalue weighted by Crippen LogP contribution is -2.08. The average Bonchev–Trinajstić information content (AvgIpc) is 2.70. The number of aromatic amines is 1. The van der Waals surface area contributed by atoms with Crippen LogP contribution in [0.15, 0.2) is 36.7 Å². The predicted molar refractivity (Wildman–Crippen MR) is 67.1 cm³/mol. The SMILES string of the molecule is Clc1cccc(CC(Cl)Cc2ncc[nH]2)c1. The first-order chi connectivity index (χ1) is 7.74. The van der Waals surface area contributed by atoms with Crippen molar-refractivity contribution >= 4 is 23.2 Å². The lowest BCUT2D eigenvalue weighted by molar-refractivity contribution is 0.792. The van der Waals surface area contributed by atoms with Gasteiger partial charge >= 0.3 is 0 Å². The summed E-state index contributed by atoms with van der Waals surface area (Å²) < 4.78 is 0. The molecule has 0 fully saturated rings. The molecule has 0 bridgehead atoms. The maximum atomic E-state index is 6.26. The minimum atomic E-state index is 0.0321. The van der Waals surface area contributed by atoms with Gasteiger partial charge in [0.25, 0.3) is 0 Å². The first kappa shape index (κ1) is 11.5. The van der Waals surface area contributed by atoms with Gasteiger partial charge in [0.2, 0.25) is 0 Å².